The van der Waals surface area contributed by atoms with Gasteiger partial charge in [-0.3, -0.25) is 0 Å². The van der Waals surface area contributed by atoms with E-state index in [1.807, 2.05) is 0 Å². The molecule has 0 saturated carbocycles. The fourth-order valence-electron chi connectivity index (χ4n) is 2.56. The molecule has 9 nitrogen and oxygen atoms in total. The highest BCUT2D eigenvalue weighted by molar-refractivity contribution is 7.89. The number of benzene rings is 1. The maximum Gasteiger partial charge on any atom is 0.410 e. The molecule has 1 amide bonds. The summed E-state index contributed by atoms with van der Waals surface area (Å²) in [6, 6.07) is 5.52. The number of ether oxygens (including phenoxy) is 1. The van der Waals surface area contributed by atoms with Gasteiger partial charge in [-0.1, -0.05) is 17.2 Å². The zero-order chi connectivity index (χ0) is 19.4. The molecule has 0 aromatic heterocycles. The zero-order valence-electron chi connectivity index (χ0n) is 15.0. The molecule has 1 N–H and O–H groups in total. The molecule has 1 aliphatic heterocycles. The second-order valence-electron chi connectivity index (χ2n) is 7.05. The molecule has 0 atom stereocenters. The Morgan fingerprint density at radius 1 is 1.35 bits per heavy atom. The van der Waals surface area contributed by atoms with Gasteiger partial charge in [-0.15, -0.1) is 0 Å². The van der Waals surface area contributed by atoms with E-state index in [1.54, 1.807) is 25.7 Å². The first kappa shape index (κ1) is 20.0. The van der Waals surface area contributed by atoms with Gasteiger partial charge in [0.25, 0.3) is 0 Å². The molecule has 26 heavy (non-hydrogen) atoms. The molecule has 1 fully saturated rings. The number of azide groups is 1. The SMILES string of the molecule is CC(C)(C)OC(=O)N1CCC(NS(=O)(=O)c2cccc(N=[N+]=[N-])c2)CC1. The summed E-state index contributed by atoms with van der Waals surface area (Å²) >= 11 is 0. The van der Waals surface area contributed by atoms with Crippen LogP contribution in [-0.2, 0) is 14.8 Å². The third-order valence-electron chi connectivity index (χ3n) is 3.76. The summed E-state index contributed by atoms with van der Waals surface area (Å²) in [4.78, 5) is 16.3. The van der Waals surface area contributed by atoms with Crippen molar-refractivity contribution < 1.29 is 17.9 Å². The highest BCUT2D eigenvalue weighted by atomic mass is 32.2. The van der Waals surface area contributed by atoms with Crippen molar-refractivity contribution >= 4 is 21.8 Å². The number of nitrogens with zero attached hydrogens (tertiary/aromatic N) is 4. The summed E-state index contributed by atoms with van der Waals surface area (Å²) in [6.07, 6.45) is 0.601. The van der Waals surface area contributed by atoms with Crippen LogP contribution < -0.4 is 4.72 Å². The lowest BCUT2D eigenvalue weighted by Gasteiger charge is -2.33. The van der Waals surface area contributed by atoms with Crippen LogP contribution in [-0.4, -0.2) is 44.1 Å². The van der Waals surface area contributed by atoms with Crippen LogP contribution in [0.3, 0.4) is 0 Å². The molecule has 10 heteroatoms. The van der Waals surface area contributed by atoms with Crippen molar-refractivity contribution in [2.45, 2.75) is 50.2 Å². The van der Waals surface area contributed by atoms with Gasteiger partial charge in [0.1, 0.15) is 5.60 Å². The van der Waals surface area contributed by atoms with E-state index in [2.05, 4.69) is 14.7 Å². The Hall–Kier alpha value is -2.29. The van der Waals surface area contributed by atoms with Gasteiger partial charge in [0, 0.05) is 29.7 Å². The third-order valence-corrected chi connectivity index (χ3v) is 5.27. The smallest absolute Gasteiger partial charge is 0.410 e. The standard InChI is InChI=1S/C16H23N5O4S/c1-16(2,3)25-15(22)21-9-7-12(8-10-21)19-26(23,24)14-6-4-5-13(11-14)18-20-17/h4-6,11-12,19H,7-10H2,1-3H3. The van der Waals surface area contributed by atoms with E-state index < -0.39 is 15.6 Å². The molecule has 2 rings (SSSR count). The lowest BCUT2D eigenvalue weighted by Crippen LogP contribution is -2.47. The third kappa shape index (κ3) is 5.62. The van der Waals surface area contributed by atoms with Crippen LogP contribution in [0.1, 0.15) is 33.6 Å². The number of amides is 1. The Morgan fingerprint density at radius 3 is 2.58 bits per heavy atom. The Kier molecular flexibility index (Phi) is 6.12. The molecule has 1 aliphatic rings. The zero-order valence-corrected chi connectivity index (χ0v) is 15.9. The predicted molar refractivity (Wildman–Crippen MR) is 96.4 cm³/mol. The molecule has 0 bridgehead atoms. The summed E-state index contributed by atoms with van der Waals surface area (Å²) in [7, 11) is -3.74. The van der Waals surface area contributed by atoms with Crippen LogP contribution in [0.2, 0.25) is 0 Å². The quantitative estimate of drug-likeness (QED) is 0.488. The summed E-state index contributed by atoms with van der Waals surface area (Å²) in [5.74, 6) is 0. The molecular weight excluding hydrogens is 358 g/mol. The lowest BCUT2D eigenvalue weighted by molar-refractivity contribution is 0.0203. The van der Waals surface area contributed by atoms with Gasteiger partial charge in [0.05, 0.1) is 4.90 Å². The van der Waals surface area contributed by atoms with Gasteiger partial charge < -0.3 is 9.64 Å². The fraction of sp³-hybridized carbons (Fsp3) is 0.562. The first-order valence-electron chi connectivity index (χ1n) is 8.26. The van der Waals surface area contributed by atoms with E-state index in [0.717, 1.165) is 0 Å². The van der Waals surface area contributed by atoms with E-state index >= 15 is 0 Å². The van der Waals surface area contributed by atoms with Crippen molar-refractivity contribution in [2.24, 2.45) is 5.11 Å². The number of likely N-dealkylation sites (tertiary alicyclic amines) is 1. The topological polar surface area (TPSA) is 124 Å². The van der Waals surface area contributed by atoms with Crippen molar-refractivity contribution in [1.82, 2.24) is 9.62 Å². The number of hydrogen-bond donors (Lipinski definition) is 1. The van der Waals surface area contributed by atoms with Crippen LogP contribution >= 0.6 is 0 Å². The minimum atomic E-state index is -3.74. The van der Waals surface area contributed by atoms with Gasteiger partial charge in [0.15, 0.2) is 0 Å². The summed E-state index contributed by atoms with van der Waals surface area (Å²) in [5, 5.41) is 3.42. The number of nitrogens with one attached hydrogen (secondary N) is 1. The van der Waals surface area contributed by atoms with Gasteiger partial charge in [-0.25, -0.2) is 17.9 Å². The molecule has 0 unspecified atom stereocenters. The minimum absolute atomic E-state index is 0.0389. The van der Waals surface area contributed by atoms with Crippen LogP contribution in [0.25, 0.3) is 10.4 Å². The van der Waals surface area contributed by atoms with E-state index in [9.17, 15) is 13.2 Å². The Bertz CT molecular complexity index is 804. The Morgan fingerprint density at radius 2 is 2.00 bits per heavy atom. The van der Waals surface area contributed by atoms with Crippen molar-refractivity contribution in [2.75, 3.05) is 13.1 Å². The monoisotopic (exact) mass is 381 g/mol. The predicted octanol–water partition coefficient (Wildman–Crippen LogP) is 3.31. The van der Waals surface area contributed by atoms with E-state index in [-0.39, 0.29) is 22.7 Å². The number of piperidine rings is 1. The molecule has 0 spiro atoms. The van der Waals surface area contributed by atoms with E-state index in [0.29, 0.717) is 25.9 Å². The first-order chi connectivity index (χ1) is 12.1. The average molecular weight is 381 g/mol. The summed E-state index contributed by atoms with van der Waals surface area (Å²) in [5.41, 5.74) is 8.13. The number of rotatable bonds is 4. The van der Waals surface area contributed by atoms with Gasteiger partial charge in [-0.05, 0) is 51.3 Å². The van der Waals surface area contributed by atoms with Crippen molar-refractivity contribution in [1.29, 1.82) is 0 Å². The average Bonchev–Trinajstić information content (AvgIpc) is 2.54. The van der Waals surface area contributed by atoms with Gasteiger partial charge >= 0.3 is 6.09 Å². The van der Waals surface area contributed by atoms with Gasteiger partial charge in [0.2, 0.25) is 10.0 Å². The number of hydrogen-bond acceptors (Lipinski definition) is 5. The van der Waals surface area contributed by atoms with Crippen molar-refractivity contribution in [3.05, 3.63) is 34.7 Å². The first-order valence-corrected chi connectivity index (χ1v) is 9.74. The fourth-order valence-corrected chi connectivity index (χ4v) is 3.90. The maximum absolute atomic E-state index is 12.5. The van der Waals surface area contributed by atoms with Crippen molar-refractivity contribution in [3.8, 4) is 0 Å². The molecule has 1 heterocycles. The van der Waals surface area contributed by atoms with E-state index in [4.69, 9.17) is 10.3 Å². The highest BCUT2D eigenvalue weighted by Gasteiger charge is 2.29. The number of carbonyl (C=O) groups is 1. The normalized spacial score (nSPS) is 16.0. The lowest BCUT2D eigenvalue weighted by atomic mass is 10.1. The van der Waals surface area contributed by atoms with Gasteiger partial charge in [-0.2, -0.15) is 0 Å². The molecule has 142 valence electrons. The summed E-state index contributed by atoms with van der Waals surface area (Å²) in [6.45, 7) is 6.24. The molecule has 0 aliphatic carbocycles. The highest BCUT2D eigenvalue weighted by Crippen LogP contribution is 2.21. The number of sulfonamides is 1. The second kappa shape index (κ2) is 7.94. The van der Waals surface area contributed by atoms with Crippen LogP contribution in [0, 0.1) is 0 Å². The minimum Gasteiger partial charge on any atom is -0.444 e. The van der Waals surface area contributed by atoms with Crippen LogP contribution in [0.4, 0.5) is 10.5 Å². The Balaban J connectivity index is 1.97. The molecule has 1 aromatic carbocycles. The van der Waals surface area contributed by atoms with Crippen LogP contribution in [0.15, 0.2) is 34.3 Å². The molecule has 1 aromatic rings. The molecule has 1 saturated heterocycles. The second-order valence-corrected chi connectivity index (χ2v) is 8.76. The molecular formula is C16H23N5O4S. The van der Waals surface area contributed by atoms with E-state index in [1.165, 1.54) is 24.3 Å². The Labute approximate surface area is 153 Å². The van der Waals surface area contributed by atoms with Crippen LogP contribution in [0.5, 0.6) is 0 Å². The largest absolute Gasteiger partial charge is 0.444 e. The van der Waals surface area contributed by atoms with Crippen molar-refractivity contribution in [3.63, 3.8) is 0 Å². The summed E-state index contributed by atoms with van der Waals surface area (Å²) < 4.78 is 33.0. The molecule has 0 radical (unpaired) electrons. The number of carbonyl (C=O) groups excluding carboxylic acids is 1. The maximum atomic E-state index is 12.5.